The number of benzene rings is 1. The van der Waals surface area contributed by atoms with E-state index in [2.05, 4.69) is 20.2 Å². The second-order valence-electron chi connectivity index (χ2n) is 6.39. The van der Waals surface area contributed by atoms with Crippen LogP contribution >= 0.6 is 0 Å². The van der Waals surface area contributed by atoms with Gasteiger partial charge in [0.15, 0.2) is 5.78 Å². The second kappa shape index (κ2) is 5.82. The number of carbonyl (C=O) groups excluding carboxylic acids is 1. The molecule has 25 heavy (non-hydrogen) atoms. The summed E-state index contributed by atoms with van der Waals surface area (Å²) in [4.78, 5) is 23.8. The summed E-state index contributed by atoms with van der Waals surface area (Å²) in [5.74, 6) is 0.660. The van der Waals surface area contributed by atoms with Gasteiger partial charge in [-0.25, -0.2) is 4.98 Å². The maximum atomic E-state index is 12.9. The number of phenolic OH excluding ortho intramolecular Hbond substituents is 1. The van der Waals surface area contributed by atoms with Crippen LogP contribution in [-0.4, -0.2) is 52.9 Å². The van der Waals surface area contributed by atoms with Gasteiger partial charge in [-0.2, -0.15) is 0 Å². The smallest absolute Gasteiger partial charge is 0.198 e. The van der Waals surface area contributed by atoms with Gasteiger partial charge in [-0.15, -0.1) is 0 Å². The molecule has 6 heteroatoms. The van der Waals surface area contributed by atoms with Crippen molar-refractivity contribution >= 4 is 22.5 Å². The summed E-state index contributed by atoms with van der Waals surface area (Å²) >= 11 is 0. The fourth-order valence-corrected chi connectivity index (χ4v) is 3.21. The van der Waals surface area contributed by atoms with Crippen LogP contribution in [0.2, 0.25) is 0 Å². The number of rotatable bonds is 4. The number of fused-ring (bicyclic) bond motifs is 5. The number of nitrogens with one attached hydrogen (secondary N) is 1. The van der Waals surface area contributed by atoms with Gasteiger partial charge in [0.1, 0.15) is 11.6 Å². The van der Waals surface area contributed by atoms with Gasteiger partial charge < -0.3 is 15.3 Å². The van der Waals surface area contributed by atoms with Crippen molar-refractivity contribution in [1.82, 2.24) is 14.9 Å². The molecule has 4 rings (SSSR count). The number of aromatic nitrogens is 2. The highest BCUT2D eigenvalue weighted by Gasteiger charge is 2.32. The summed E-state index contributed by atoms with van der Waals surface area (Å²) < 4.78 is 0. The van der Waals surface area contributed by atoms with Gasteiger partial charge in [-0.3, -0.25) is 9.78 Å². The lowest BCUT2D eigenvalue weighted by Gasteiger charge is -2.14. The van der Waals surface area contributed by atoms with Crippen LogP contribution in [0.3, 0.4) is 0 Å². The lowest BCUT2D eigenvalue weighted by atomic mass is 10.0. The van der Waals surface area contributed by atoms with Crippen molar-refractivity contribution in [3.63, 3.8) is 0 Å². The van der Waals surface area contributed by atoms with Crippen molar-refractivity contribution in [3.05, 3.63) is 47.8 Å². The topological polar surface area (TPSA) is 78.4 Å². The number of phenols is 1. The van der Waals surface area contributed by atoms with Gasteiger partial charge in [0.25, 0.3) is 0 Å². The van der Waals surface area contributed by atoms with Crippen molar-refractivity contribution in [1.29, 1.82) is 0 Å². The van der Waals surface area contributed by atoms with Crippen LogP contribution in [0, 0.1) is 0 Å². The van der Waals surface area contributed by atoms with E-state index < -0.39 is 0 Å². The molecule has 2 N–H and O–H groups in total. The first-order chi connectivity index (χ1) is 12.1. The summed E-state index contributed by atoms with van der Waals surface area (Å²) in [5.41, 5.74) is 3.53. The van der Waals surface area contributed by atoms with Crippen molar-refractivity contribution in [2.75, 3.05) is 32.5 Å². The van der Waals surface area contributed by atoms with E-state index in [1.54, 1.807) is 36.7 Å². The third kappa shape index (κ3) is 2.51. The van der Waals surface area contributed by atoms with E-state index >= 15 is 0 Å². The fraction of sp³-hybridized carbons (Fsp3) is 0.211. The minimum Gasteiger partial charge on any atom is -0.508 e. The Labute approximate surface area is 145 Å². The Bertz CT molecular complexity index is 998. The van der Waals surface area contributed by atoms with Gasteiger partial charge in [0.2, 0.25) is 0 Å². The minimum absolute atomic E-state index is 0.0396. The van der Waals surface area contributed by atoms with E-state index in [0.717, 1.165) is 23.1 Å². The van der Waals surface area contributed by atoms with E-state index in [1.165, 1.54) is 0 Å². The zero-order chi connectivity index (χ0) is 17.6. The van der Waals surface area contributed by atoms with Gasteiger partial charge in [0, 0.05) is 53.6 Å². The molecule has 1 aliphatic carbocycles. The number of likely N-dealkylation sites (N-methyl/N-ethyl adjacent to an activating group) is 1. The molecule has 0 amide bonds. The first-order valence-corrected chi connectivity index (χ1v) is 8.10. The molecule has 0 radical (unpaired) electrons. The molecule has 1 aliphatic rings. The molecule has 1 aromatic carbocycles. The molecule has 2 heterocycles. The number of ketones is 1. The lowest BCUT2D eigenvalue weighted by molar-refractivity contribution is 0.104. The maximum absolute atomic E-state index is 12.9. The Hall–Kier alpha value is -2.99. The van der Waals surface area contributed by atoms with Crippen LogP contribution < -0.4 is 5.32 Å². The molecule has 0 bridgehead atoms. The summed E-state index contributed by atoms with van der Waals surface area (Å²) in [7, 11) is 3.98. The minimum atomic E-state index is -0.0396. The highest BCUT2D eigenvalue weighted by atomic mass is 16.3. The van der Waals surface area contributed by atoms with Crippen LogP contribution in [0.25, 0.3) is 22.0 Å². The van der Waals surface area contributed by atoms with Crippen molar-refractivity contribution in [2.45, 2.75) is 0 Å². The first-order valence-electron chi connectivity index (χ1n) is 8.10. The number of anilines is 1. The SMILES string of the molecule is CN(C)CCNc1nc2cc(O)ccc2c2c1C(=O)c1ccncc1-2. The predicted molar refractivity (Wildman–Crippen MR) is 97.1 cm³/mol. The highest BCUT2D eigenvalue weighted by Crippen LogP contribution is 2.43. The Morgan fingerprint density at radius 3 is 2.80 bits per heavy atom. The number of hydrogen-bond acceptors (Lipinski definition) is 6. The lowest BCUT2D eigenvalue weighted by Crippen LogP contribution is -2.22. The number of nitrogens with zero attached hydrogens (tertiary/aromatic N) is 3. The van der Waals surface area contributed by atoms with Crippen molar-refractivity contribution in [2.24, 2.45) is 0 Å². The largest absolute Gasteiger partial charge is 0.508 e. The molecule has 2 aromatic heterocycles. The third-order valence-electron chi connectivity index (χ3n) is 4.38. The van der Waals surface area contributed by atoms with Crippen LogP contribution in [-0.2, 0) is 0 Å². The average Bonchev–Trinajstić information content (AvgIpc) is 2.88. The van der Waals surface area contributed by atoms with Gasteiger partial charge in [0.05, 0.1) is 11.1 Å². The van der Waals surface area contributed by atoms with Gasteiger partial charge in [-0.1, -0.05) is 0 Å². The maximum Gasteiger partial charge on any atom is 0.198 e. The Morgan fingerprint density at radius 1 is 1.16 bits per heavy atom. The molecule has 3 aromatic rings. The zero-order valence-corrected chi connectivity index (χ0v) is 14.1. The summed E-state index contributed by atoms with van der Waals surface area (Å²) in [6.45, 7) is 1.48. The Balaban J connectivity index is 1.94. The molecule has 0 atom stereocenters. The van der Waals surface area contributed by atoms with Crippen molar-refractivity contribution < 1.29 is 9.90 Å². The molecule has 0 saturated carbocycles. The zero-order valence-electron chi connectivity index (χ0n) is 14.1. The van der Waals surface area contributed by atoms with Crippen LogP contribution in [0.4, 0.5) is 5.82 Å². The van der Waals surface area contributed by atoms with Crippen LogP contribution in [0.5, 0.6) is 5.75 Å². The molecule has 0 spiro atoms. The number of aromatic hydroxyl groups is 1. The standard InChI is InChI=1S/C19H18N4O2/c1-23(2)8-7-21-19-17-16(13-4-3-11(24)9-15(13)22-19)14-10-20-6-5-12(14)18(17)25/h3-6,9-10,24H,7-8H2,1-2H3,(H,21,22). The summed E-state index contributed by atoms with van der Waals surface area (Å²) in [6, 6.07) is 6.77. The predicted octanol–water partition coefficient (Wildman–Crippen LogP) is 2.52. The van der Waals surface area contributed by atoms with E-state index in [9.17, 15) is 9.90 Å². The molecule has 6 nitrogen and oxygen atoms in total. The quantitative estimate of drug-likeness (QED) is 0.597. The Kier molecular flexibility index (Phi) is 3.62. The van der Waals surface area contributed by atoms with E-state index in [4.69, 9.17) is 0 Å². The molecule has 0 fully saturated rings. The van der Waals surface area contributed by atoms with Crippen LogP contribution in [0.15, 0.2) is 36.7 Å². The molecule has 0 aliphatic heterocycles. The third-order valence-corrected chi connectivity index (χ3v) is 4.38. The van der Waals surface area contributed by atoms with E-state index in [1.807, 2.05) is 14.1 Å². The monoisotopic (exact) mass is 334 g/mol. The second-order valence-corrected chi connectivity index (χ2v) is 6.39. The van der Waals surface area contributed by atoms with Crippen LogP contribution in [0.1, 0.15) is 15.9 Å². The summed E-state index contributed by atoms with van der Waals surface area (Å²) in [6.07, 6.45) is 3.35. The first kappa shape index (κ1) is 15.5. The normalized spacial score (nSPS) is 12.5. The fourth-order valence-electron chi connectivity index (χ4n) is 3.21. The number of hydrogen-bond donors (Lipinski definition) is 2. The molecule has 126 valence electrons. The molecule has 0 unspecified atom stereocenters. The Morgan fingerprint density at radius 2 is 2.00 bits per heavy atom. The highest BCUT2D eigenvalue weighted by molar-refractivity contribution is 6.27. The van der Waals surface area contributed by atoms with Crippen molar-refractivity contribution in [3.8, 4) is 16.9 Å². The van der Waals surface area contributed by atoms with Gasteiger partial charge >= 0.3 is 0 Å². The molecular weight excluding hydrogens is 316 g/mol. The van der Waals surface area contributed by atoms with E-state index in [-0.39, 0.29) is 11.5 Å². The number of pyridine rings is 2. The van der Waals surface area contributed by atoms with E-state index in [0.29, 0.717) is 29.0 Å². The molecular formula is C19H18N4O2. The summed E-state index contributed by atoms with van der Waals surface area (Å²) in [5, 5.41) is 13.9. The average molecular weight is 334 g/mol. The molecule has 0 saturated heterocycles. The number of carbonyl (C=O) groups is 1. The van der Waals surface area contributed by atoms with Gasteiger partial charge in [-0.05, 0) is 32.3 Å².